The molecular formula is C20H22N4O3. The lowest BCUT2D eigenvalue weighted by Gasteiger charge is -2.36. The number of non-ortho nitro benzene ring substituents is 1. The standard InChI is InChI=1S/C20H22N4O3/c25-20(16-2-1-15-7-8-21-19(15)13-16)14-22-9-11-23(12-10-22)17-3-5-18(6-4-17)24(26)27/h1-8,13,20-21,25H,9-12,14H2/t20-/m1/s1. The number of aromatic nitrogens is 1. The summed E-state index contributed by atoms with van der Waals surface area (Å²) in [5.41, 5.74) is 3.06. The zero-order valence-electron chi connectivity index (χ0n) is 14.9. The summed E-state index contributed by atoms with van der Waals surface area (Å²) in [4.78, 5) is 18.0. The van der Waals surface area contributed by atoms with Crippen LogP contribution < -0.4 is 4.90 Å². The first kappa shape index (κ1) is 17.5. The molecule has 2 N–H and O–H groups in total. The van der Waals surface area contributed by atoms with Gasteiger partial charge >= 0.3 is 0 Å². The first-order chi connectivity index (χ1) is 13.1. The number of H-pyrrole nitrogens is 1. The summed E-state index contributed by atoms with van der Waals surface area (Å²) in [5.74, 6) is 0. The smallest absolute Gasteiger partial charge is 0.269 e. The Bertz CT molecular complexity index is 930. The molecule has 0 saturated carbocycles. The highest BCUT2D eigenvalue weighted by Crippen LogP contribution is 2.23. The molecular weight excluding hydrogens is 344 g/mol. The van der Waals surface area contributed by atoms with E-state index in [4.69, 9.17) is 0 Å². The second kappa shape index (κ2) is 7.38. The molecule has 1 atom stereocenters. The van der Waals surface area contributed by atoms with Gasteiger partial charge in [-0.15, -0.1) is 0 Å². The number of rotatable bonds is 5. The van der Waals surface area contributed by atoms with E-state index in [1.807, 2.05) is 30.5 Å². The van der Waals surface area contributed by atoms with Crippen LogP contribution in [0.15, 0.2) is 54.7 Å². The zero-order chi connectivity index (χ0) is 18.8. The molecule has 3 aromatic rings. The molecule has 27 heavy (non-hydrogen) atoms. The fourth-order valence-electron chi connectivity index (χ4n) is 3.60. The molecule has 1 aliphatic rings. The van der Waals surface area contributed by atoms with Gasteiger partial charge in [0, 0.05) is 62.3 Å². The number of hydrogen-bond donors (Lipinski definition) is 2. The van der Waals surface area contributed by atoms with E-state index in [0.717, 1.165) is 48.3 Å². The van der Waals surface area contributed by atoms with E-state index in [1.165, 1.54) is 0 Å². The number of piperazine rings is 1. The molecule has 4 rings (SSSR count). The lowest BCUT2D eigenvalue weighted by Crippen LogP contribution is -2.47. The van der Waals surface area contributed by atoms with Crippen molar-refractivity contribution in [2.75, 3.05) is 37.6 Å². The minimum atomic E-state index is -0.524. The number of nitrogens with zero attached hydrogens (tertiary/aromatic N) is 3. The maximum Gasteiger partial charge on any atom is 0.269 e. The molecule has 0 spiro atoms. The number of aliphatic hydroxyl groups is 1. The van der Waals surface area contributed by atoms with Crippen molar-refractivity contribution in [3.63, 3.8) is 0 Å². The Morgan fingerprint density at radius 3 is 2.52 bits per heavy atom. The second-order valence-electron chi connectivity index (χ2n) is 6.90. The zero-order valence-corrected chi connectivity index (χ0v) is 14.9. The summed E-state index contributed by atoms with van der Waals surface area (Å²) in [7, 11) is 0. The fraction of sp³-hybridized carbons (Fsp3) is 0.300. The van der Waals surface area contributed by atoms with Gasteiger partial charge in [-0.05, 0) is 35.2 Å². The van der Waals surface area contributed by atoms with Crippen LogP contribution in [0.5, 0.6) is 0 Å². The van der Waals surface area contributed by atoms with Crippen molar-refractivity contribution < 1.29 is 10.0 Å². The van der Waals surface area contributed by atoms with Gasteiger partial charge in [0.2, 0.25) is 0 Å². The molecule has 7 nitrogen and oxygen atoms in total. The van der Waals surface area contributed by atoms with Gasteiger partial charge in [-0.3, -0.25) is 15.0 Å². The maximum absolute atomic E-state index is 10.8. The van der Waals surface area contributed by atoms with Crippen molar-refractivity contribution in [1.82, 2.24) is 9.88 Å². The van der Waals surface area contributed by atoms with Crippen molar-refractivity contribution >= 4 is 22.3 Å². The third kappa shape index (κ3) is 3.79. The van der Waals surface area contributed by atoms with Crippen LogP contribution in [0, 0.1) is 10.1 Å². The van der Waals surface area contributed by atoms with Crippen LogP contribution >= 0.6 is 0 Å². The van der Waals surface area contributed by atoms with E-state index in [1.54, 1.807) is 24.3 Å². The van der Waals surface area contributed by atoms with Gasteiger partial charge in [0.05, 0.1) is 11.0 Å². The minimum Gasteiger partial charge on any atom is -0.387 e. The summed E-state index contributed by atoms with van der Waals surface area (Å²) < 4.78 is 0. The monoisotopic (exact) mass is 366 g/mol. The van der Waals surface area contributed by atoms with E-state index in [-0.39, 0.29) is 10.6 Å². The minimum absolute atomic E-state index is 0.111. The first-order valence-electron chi connectivity index (χ1n) is 9.07. The molecule has 2 aromatic carbocycles. The van der Waals surface area contributed by atoms with Gasteiger partial charge in [0.25, 0.3) is 5.69 Å². The number of anilines is 1. The molecule has 1 aliphatic heterocycles. The van der Waals surface area contributed by atoms with Gasteiger partial charge in [-0.1, -0.05) is 12.1 Å². The van der Waals surface area contributed by atoms with Crippen molar-refractivity contribution in [2.45, 2.75) is 6.10 Å². The summed E-state index contributed by atoms with van der Waals surface area (Å²) in [6.07, 6.45) is 1.38. The lowest BCUT2D eigenvalue weighted by molar-refractivity contribution is -0.384. The Labute approximate surface area is 157 Å². The van der Waals surface area contributed by atoms with Gasteiger partial charge in [-0.2, -0.15) is 0 Å². The molecule has 0 aliphatic carbocycles. The summed E-state index contributed by atoms with van der Waals surface area (Å²) in [6, 6.07) is 14.7. The Kier molecular flexibility index (Phi) is 4.79. The third-order valence-corrected chi connectivity index (χ3v) is 5.19. The summed E-state index contributed by atoms with van der Waals surface area (Å²) in [6.45, 7) is 3.96. The predicted octanol–water partition coefficient (Wildman–Crippen LogP) is 2.93. The molecule has 0 amide bonds. The largest absolute Gasteiger partial charge is 0.387 e. The number of aromatic amines is 1. The van der Waals surface area contributed by atoms with Crippen molar-refractivity contribution in [3.05, 3.63) is 70.4 Å². The number of fused-ring (bicyclic) bond motifs is 1. The Morgan fingerprint density at radius 2 is 1.81 bits per heavy atom. The van der Waals surface area contributed by atoms with E-state index in [2.05, 4.69) is 14.8 Å². The van der Waals surface area contributed by atoms with E-state index >= 15 is 0 Å². The Balaban J connectivity index is 1.34. The lowest BCUT2D eigenvalue weighted by atomic mass is 10.1. The van der Waals surface area contributed by atoms with Crippen LogP contribution in [0.3, 0.4) is 0 Å². The first-order valence-corrected chi connectivity index (χ1v) is 9.07. The van der Waals surface area contributed by atoms with Crippen LogP contribution in [-0.2, 0) is 0 Å². The molecule has 1 fully saturated rings. The fourth-order valence-corrected chi connectivity index (χ4v) is 3.60. The van der Waals surface area contributed by atoms with E-state index < -0.39 is 6.10 Å². The van der Waals surface area contributed by atoms with E-state index in [0.29, 0.717) is 6.54 Å². The van der Waals surface area contributed by atoms with Crippen molar-refractivity contribution in [1.29, 1.82) is 0 Å². The predicted molar refractivity (Wildman–Crippen MR) is 105 cm³/mol. The third-order valence-electron chi connectivity index (χ3n) is 5.19. The highest BCUT2D eigenvalue weighted by atomic mass is 16.6. The van der Waals surface area contributed by atoms with Gasteiger partial charge in [0.15, 0.2) is 0 Å². The molecule has 1 saturated heterocycles. The van der Waals surface area contributed by atoms with Crippen LogP contribution in [-0.4, -0.2) is 52.6 Å². The molecule has 0 bridgehead atoms. The summed E-state index contributed by atoms with van der Waals surface area (Å²) >= 11 is 0. The Hall–Kier alpha value is -2.90. The van der Waals surface area contributed by atoms with Crippen molar-refractivity contribution in [3.8, 4) is 0 Å². The second-order valence-corrected chi connectivity index (χ2v) is 6.90. The molecule has 1 aromatic heterocycles. The maximum atomic E-state index is 10.8. The van der Waals surface area contributed by atoms with Gasteiger partial charge < -0.3 is 15.0 Å². The Morgan fingerprint density at radius 1 is 1.07 bits per heavy atom. The SMILES string of the molecule is O=[N+]([O-])c1ccc(N2CCN(C[C@@H](O)c3ccc4cc[nH]c4c3)CC2)cc1. The highest BCUT2D eigenvalue weighted by molar-refractivity contribution is 5.79. The van der Waals surface area contributed by atoms with Gasteiger partial charge in [-0.25, -0.2) is 0 Å². The number of nitro groups is 1. The molecule has 0 unspecified atom stereocenters. The molecule has 140 valence electrons. The molecule has 7 heteroatoms. The highest BCUT2D eigenvalue weighted by Gasteiger charge is 2.21. The van der Waals surface area contributed by atoms with Crippen LogP contribution in [0.1, 0.15) is 11.7 Å². The van der Waals surface area contributed by atoms with E-state index in [9.17, 15) is 15.2 Å². The number of aliphatic hydroxyl groups excluding tert-OH is 1. The van der Waals surface area contributed by atoms with Crippen LogP contribution in [0.2, 0.25) is 0 Å². The number of benzene rings is 2. The number of nitro benzene ring substituents is 1. The topological polar surface area (TPSA) is 85.6 Å². The van der Waals surface area contributed by atoms with Crippen molar-refractivity contribution in [2.24, 2.45) is 0 Å². The molecule has 0 radical (unpaired) electrons. The van der Waals surface area contributed by atoms with Crippen LogP contribution in [0.25, 0.3) is 10.9 Å². The van der Waals surface area contributed by atoms with Crippen LogP contribution in [0.4, 0.5) is 11.4 Å². The number of β-amino-alcohol motifs (C(OH)–C–C–N with tert-alkyl or cyclic N) is 1. The summed E-state index contributed by atoms with van der Waals surface area (Å²) in [5, 5.41) is 22.5. The van der Waals surface area contributed by atoms with Gasteiger partial charge in [0.1, 0.15) is 0 Å². The number of nitrogens with one attached hydrogen (secondary N) is 1. The molecule has 2 heterocycles. The normalized spacial score (nSPS) is 16.6. The quantitative estimate of drug-likeness (QED) is 0.536. The number of hydrogen-bond acceptors (Lipinski definition) is 5. The average Bonchev–Trinajstić information content (AvgIpc) is 3.16. The average molecular weight is 366 g/mol.